The Hall–Kier alpha value is -3.07. The lowest BCUT2D eigenvalue weighted by molar-refractivity contribution is 0.0162. The van der Waals surface area contributed by atoms with Crippen LogP contribution < -0.4 is 14.8 Å². The molecule has 3 aromatic rings. The van der Waals surface area contributed by atoms with Crippen LogP contribution >= 0.6 is 11.6 Å². The maximum Gasteiger partial charge on any atom is 0.273 e. The quantitative estimate of drug-likeness (QED) is 0.590. The zero-order valence-electron chi connectivity index (χ0n) is 18.0. The molecule has 1 atom stereocenters. The summed E-state index contributed by atoms with van der Waals surface area (Å²) >= 11 is 6.48. The number of carbonyl (C=O) groups is 1. The monoisotopic (exact) mass is 469 g/mol. The van der Waals surface area contributed by atoms with Gasteiger partial charge in [-0.25, -0.2) is 0 Å². The predicted molar refractivity (Wildman–Crippen MR) is 122 cm³/mol. The Balaban J connectivity index is 1.30. The van der Waals surface area contributed by atoms with E-state index in [4.69, 9.17) is 30.3 Å². The molecule has 0 spiro atoms. The summed E-state index contributed by atoms with van der Waals surface area (Å²) in [6, 6.07) is 14.8. The normalized spacial score (nSPS) is 16.9. The van der Waals surface area contributed by atoms with Gasteiger partial charge in [0.05, 0.1) is 19.3 Å². The highest BCUT2D eigenvalue weighted by molar-refractivity contribution is 6.31. The topological polar surface area (TPSA) is 86.1 Å². The summed E-state index contributed by atoms with van der Waals surface area (Å²) in [7, 11) is 0. The number of ether oxygens (including phenoxy) is 3. The Bertz CT molecular complexity index is 1130. The zero-order valence-corrected chi connectivity index (χ0v) is 18.7. The third-order valence-electron chi connectivity index (χ3n) is 5.78. The summed E-state index contributed by atoms with van der Waals surface area (Å²) in [6.07, 6.45) is 0. The summed E-state index contributed by atoms with van der Waals surface area (Å²) in [4.78, 5) is 15.1. The van der Waals surface area contributed by atoms with Gasteiger partial charge in [-0.2, -0.15) is 0 Å². The number of nitrogens with one attached hydrogen (secondary N) is 1. The Labute approximate surface area is 196 Å². The average Bonchev–Trinajstić information content (AvgIpc) is 3.36. The average molecular weight is 470 g/mol. The van der Waals surface area contributed by atoms with Crippen molar-refractivity contribution in [3.63, 3.8) is 0 Å². The van der Waals surface area contributed by atoms with Crippen LogP contribution in [0.5, 0.6) is 11.5 Å². The first-order valence-corrected chi connectivity index (χ1v) is 11.3. The molecule has 0 aliphatic carbocycles. The molecule has 2 aromatic carbocycles. The molecule has 1 saturated heterocycles. The predicted octanol–water partition coefficient (Wildman–Crippen LogP) is 3.57. The van der Waals surface area contributed by atoms with Crippen molar-refractivity contribution in [2.45, 2.75) is 6.04 Å². The molecule has 33 heavy (non-hydrogen) atoms. The van der Waals surface area contributed by atoms with Crippen molar-refractivity contribution in [1.29, 1.82) is 0 Å². The Morgan fingerprint density at radius 3 is 2.64 bits per heavy atom. The minimum absolute atomic E-state index is 0.0734. The van der Waals surface area contributed by atoms with E-state index < -0.39 is 0 Å². The molecule has 1 N–H and O–H groups in total. The van der Waals surface area contributed by atoms with Crippen molar-refractivity contribution < 1.29 is 23.5 Å². The fraction of sp³-hybridized carbons (Fsp3) is 0.333. The number of carbonyl (C=O) groups excluding carboxylic acids is 1. The molecule has 5 rings (SSSR count). The van der Waals surface area contributed by atoms with E-state index in [-0.39, 0.29) is 17.6 Å². The summed E-state index contributed by atoms with van der Waals surface area (Å²) in [5.74, 6) is 1.51. The van der Waals surface area contributed by atoms with Crippen LogP contribution in [0.3, 0.4) is 0 Å². The SMILES string of the molecule is O=C(NCC(c1ccccc1Cl)N1CCOCC1)c1cc(-c2ccc3c(c2)OCCO3)on1. The smallest absolute Gasteiger partial charge is 0.273 e. The third kappa shape index (κ3) is 4.83. The van der Waals surface area contributed by atoms with Crippen molar-refractivity contribution in [3.8, 4) is 22.8 Å². The molecular weight excluding hydrogens is 446 g/mol. The van der Waals surface area contributed by atoms with E-state index >= 15 is 0 Å². The second-order valence-electron chi connectivity index (χ2n) is 7.83. The molecule has 2 aliphatic rings. The van der Waals surface area contributed by atoms with E-state index in [1.165, 1.54) is 0 Å². The number of halogens is 1. The lowest BCUT2D eigenvalue weighted by Crippen LogP contribution is -2.44. The van der Waals surface area contributed by atoms with Gasteiger partial charge >= 0.3 is 0 Å². The number of benzene rings is 2. The second-order valence-corrected chi connectivity index (χ2v) is 8.24. The fourth-order valence-corrected chi connectivity index (χ4v) is 4.33. The molecule has 0 saturated carbocycles. The first kappa shape index (κ1) is 21.8. The molecule has 9 heteroatoms. The van der Waals surface area contributed by atoms with Crippen molar-refractivity contribution in [2.75, 3.05) is 46.1 Å². The number of nitrogens with zero attached hydrogens (tertiary/aromatic N) is 2. The van der Waals surface area contributed by atoms with Crippen molar-refractivity contribution in [1.82, 2.24) is 15.4 Å². The summed E-state index contributed by atoms with van der Waals surface area (Å²) in [5.41, 5.74) is 1.94. The first-order chi connectivity index (χ1) is 16.2. The van der Waals surface area contributed by atoms with Crippen LogP contribution in [-0.4, -0.2) is 62.0 Å². The second kappa shape index (κ2) is 9.82. The summed E-state index contributed by atoms with van der Waals surface area (Å²) < 4.78 is 22.1. The van der Waals surface area contributed by atoms with Crippen molar-refractivity contribution in [2.24, 2.45) is 0 Å². The first-order valence-electron chi connectivity index (χ1n) is 10.9. The maximum absolute atomic E-state index is 12.9. The van der Waals surface area contributed by atoms with Crippen LogP contribution in [0.4, 0.5) is 0 Å². The van der Waals surface area contributed by atoms with E-state index in [0.29, 0.717) is 55.3 Å². The number of amides is 1. The Kier molecular flexibility index (Phi) is 6.48. The molecule has 8 nitrogen and oxygen atoms in total. The van der Waals surface area contributed by atoms with Crippen LogP contribution in [0.1, 0.15) is 22.1 Å². The molecule has 1 aromatic heterocycles. The van der Waals surface area contributed by atoms with E-state index in [1.54, 1.807) is 6.07 Å². The largest absolute Gasteiger partial charge is 0.486 e. The number of rotatable bonds is 6. The van der Waals surface area contributed by atoms with Crippen LogP contribution in [0.2, 0.25) is 5.02 Å². The molecular formula is C24H24ClN3O5. The highest BCUT2D eigenvalue weighted by atomic mass is 35.5. The lowest BCUT2D eigenvalue weighted by atomic mass is 10.0. The molecule has 0 radical (unpaired) electrons. The molecule has 1 unspecified atom stereocenters. The van der Waals surface area contributed by atoms with Gasteiger partial charge in [0.1, 0.15) is 13.2 Å². The van der Waals surface area contributed by atoms with Crippen LogP contribution in [0.15, 0.2) is 53.1 Å². The molecule has 0 bridgehead atoms. The highest BCUT2D eigenvalue weighted by Gasteiger charge is 2.26. The van der Waals surface area contributed by atoms with Gasteiger partial charge in [-0.15, -0.1) is 0 Å². The van der Waals surface area contributed by atoms with Gasteiger partial charge in [0.25, 0.3) is 5.91 Å². The molecule has 1 fully saturated rings. The summed E-state index contributed by atoms with van der Waals surface area (Å²) in [6.45, 7) is 4.24. The Morgan fingerprint density at radius 1 is 1.03 bits per heavy atom. The zero-order chi connectivity index (χ0) is 22.6. The maximum atomic E-state index is 12.9. The molecule has 3 heterocycles. The number of hydrogen-bond acceptors (Lipinski definition) is 7. The molecule has 172 valence electrons. The number of aromatic nitrogens is 1. The molecule has 1 amide bonds. The van der Waals surface area contributed by atoms with Gasteiger partial charge in [0, 0.05) is 36.3 Å². The van der Waals surface area contributed by atoms with Crippen LogP contribution in [0, 0.1) is 0 Å². The van der Waals surface area contributed by atoms with E-state index in [0.717, 1.165) is 24.2 Å². The lowest BCUT2D eigenvalue weighted by Gasteiger charge is -2.35. The van der Waals surface area contributed by atoms with Gasteiger partial charge in [0.15, 0.2) is 23.0 Å². The Morgan fingerprint density at radius 2 is 1.82 bits per heavy atom. The fourth-order valence-electron chi connectivity index (χ4n) is 4.07. The van der Waals surface area contributed by atoms with Gasteiger partial charge in [-0.3, -0.25) is 9.69 Å². The van der Waals surface area contributed by atoms with Gasteiger partial charge in [0.2, 0.25) is 0 Å². The van der Waals surface area contributed by atoms with Gasteiger partial charge in [-0.05, 0) is 29.8 Å². The highest BCUT2D eigenvalue weighted by Crippen LogP contribution is 2.34. The molecule has 2 aliphatic heterocycles. The van der Waals surface area contributed by atoms with Gasteiger partial charge in [-0.1, -0.05) is 35.0 Å². The number of fused-ring (bicyclic) bond motifs is 1. The van der Waals surface area contributed by atoms with Crippen molar-refractivity contribution in [3.05, 3.63) is 64.8 Å². The van der Waals surface area contributed by atoms with E-state index in [2.05, 4.69) is 15.4 Å². The minimum Gasteiger partial charge on any atom is -0.486 e. The van der Waals surface area contributed by atoms with E-state index in [9.17, 15) is 4.79 Å². The van der Waals surface area contributed by atoms with Crippen molar-refractivity contribution >= 4 is 17.5 Å². The minimum atomic E-state index is -0.312. The third-order valence-corrected chi connectivity index (χ3v) is 6.12. The summed E-state index contributed by atoms with van der Waals surface area (Å²) in [5, 5.41) is 7.63. The van der Waals surface area contributed by atoms with Crippen LogP contribution in [-0.2, 0) is 4.74 Å². The van der Waals surface area contributed by atoms with Crippen LogP contribution in [0.25, 0.3) is 11.3 Å². The van der Waals surface area contributed by atoms with E-state index in [1.807, 2.05) is 42.5 Å². The van der Waals surface area contributed by atoms with Gasteiger partial charge < -0.3 is 24.1 Å². The number of morpholine rings is 1. The number of hydrogen-bond donors (Lipinski definition) is 1. The standard InChI is InChI=1S/C24H24ClN3O5/c25-18-4-2-1-3-17(18)20(28-7-9-30-10-8-28)15-26-24(29)19-14-22(33-27-19)16-5-6-21-23(13-16)32-12-11-31-21/h1-6,13-14,20H,7-12,15H2,(H,26,29).